The summed E-state index contributed by atoms with van der Waals surface area (Å²) in [6.45, 7) is 2.62. The SMILES string of the molecule is O=C(NCC1(c2ccc(Br)cc2)CCCC1)C1COCCN1. The Bertz CT molecular complexity index is 506. The molecule has 0 radical (unpaired) electrons. The van der Waals surface area contributed by atoms with Crippen molar-refractivity contribution in [3.63, 3.8) is 0 Å². The summed E-state index contributed by atoms with van der Waals surface area (Å²) < 4.78 is 6.46. The molecule has 0 spiro atoms. The van der Waals surface area contributed by atoms with Gasteiger partial charge in [0.25, 0.3) is 0 Å². The largest absolute Gasteiger partial charge is 0.378 e. The van der Waals surface area contributed by atoms with Gasteiger partial charge in [-0.1, -0.05) is 40.9 Å². The fraction of sp³-hybridized carbons (Fsp3) is 0.588. The van der Waals surface area contributed by atoms with Crippen LogP contribution in [-0.4, -0.2) is 38.3 Å². The summed E-state index contributed by atoms with van der Waals surface area (Å²) in [5.74, 6) is 0.0584. The van der Waals surface area contributed by atoms with Gasteiger partial charge in [-0.3, -0.25) is 4.79 Å². The second-order valence-corrected chi connectivity index (χ2v) is 7.21. The van der Waals surface area contributed by atoms with E-state index in [1.807, 2.05) is 0 Å². The highest BCUT2D eigenvalue weighted by Gasteiger charge is 2.36. The van der Waals surface area contributed by atoms with Crippen LogP contribution in [-0.2, 0) is 14.9 Å². The van der Waals surface area contributed by atoms with E-state index in [0.717, 1.165) is 23.9 Å². The minimum absolute atomic E-state index is 0.0584. The lowest BCUT2D eigenvalue weighted by molar-refractivity contribution is -0.126. The Labute approximate surface area is 140 Å². The van der Waals surface area contributed by atoms with Crippen molar-refractivity contribution in [1.82, 2.24) is 10.6 Å². The minimum Gasteiger partial charge on any atom is -0.378 e. The predicted molar refractivity (Wildman–Crippen MR) is 89.9 cm³/mol. The summed E-state index contributed by atoms with van der Waals surface area (Å²) in [6, 6.07) is 8.34. The number of rotatable bonds is 4. The number of carbonyl (C=O) groups is 1. The quantitative estimate of drug-likeness (QED) is 0.859. The third-order valence-corrected chi connectivity index (χ3v) is 5.39. The lowest BCUT2D eigenvalue weighted by Crippen LogP contribution is -2.53. The first-order valence-electron chi connectivity index (χ1n) is 8.05. The average Bonchev–Trinajstić information content (AvgIpc) is 3.04. The molecular weight excluding hydrogens is 344 g/mol. The van der Waals surface area contributed by atoms with Crippen LogP contribution in [0.4, 0.5) is 0 Å². The molecule has 2 fully saturated rings. The second kappa shape index (κ2) is 7.11. The number of hydrogen-bond acceptors (Lipinski definition) is 3. The van der Waals surface area contributed by atoms with E-state index in [0.29, 0.717) is 19.8 Å². The van der Waals surface area contributed by atoms with Crippen LogP contribution in [0.25, 0.3) is 0 Å². The second-order valence-electron chi connectivity index (χ2n) is 6.29. The number of halogens is 1. The molecule has 1 aromatic carbocycles. The van der Waals surface area contributed by atoms with Crippen LogP contribution >= 0.6 is 15.9 Å². The Balaban J connectivity index is 1.66. The highest BCUT2D eigenvalue weighted by atomic mass is 79.9. The number of amides is 1. The van der Waals surface area contributed by atoms with E-state index in [-0.39, 0.29) is 17.4 Å². The van der Waals surface area contributed by atoms with Gasteiger partial charge in [-0.25, -0.2) is 0 Å². The van der Waals surface area contributed by atoms with Crippen LogP contribution in [0.1, 0.15) is 31.2 Å². The van der Waals surface area contributed by atoms with Gasteiger partial charge in [0, 0.05) is 23.0 Å². The molecule has 0 aromatic heterocycles. The van der Waals surface area contributed by atoms with E-state index in [4.69, 9.17) is 4.74 Å². The highest BCUT2D eigenvalue weighted by molar-refractivity contribution is 9.10. The third kappa shape index (κ3) is 3.53. The molecule has 3 rings (SSSR count). The van der Waals surface area contributed by atoms with Gasteiger partial charge in [0.15, 0.2) is 0 Å². The van der Waals surface area contributed by atoms with E-state index in [2.05, 4.69) is 50.8 Å². The first-order valence-corrected chi connectivity index (χ1v) is 8.84. The molecule has 1 unspecified atom stereocenters. The Hall–Kier alpha value is -0.910. The maximum Gasteiger partial charge on any atom is 0.239 e. The monoisotopic (exact) mass is 366 g/mol. The molecule has 0 bridgehead atoms. The van der Waals surface area contributed by atoms with Gasteiger partial charge < -0.3 is 15.4 Å². The number of ether oxygens (including phenoxy) is 1. The summed E-state index contributed by atoms with van der Waals surface area (Å²) in [4.78, 5) is 12.3. The third-order valence-electron chi connectivity index (χ3n) is 4.86. The first kappa shape index (κ1) is 16.0. The van der Waals surface area contributed by atoms with E-state index >= 15 is 0 Å². The zero-order valence-corrected chi connectivity index (χ0v) is 14.3. The van der Waals surface area contributed by atoms with Crippen molar-refractivity contribution in [2.45, 2.75) is 37.1 Å². The summed E-state index contributed by atoms with van der Waals surface area (Å²) in [5, 5.41) is 6.37. The number of carbonyl (C=O) groups excluding carboxylic acids is 1. The smallest absolute Gasteiger partial charge is 0.239 e. The van der Waals surface area contributed by atoms with Crippen LogP contribution in [0.15, 0.2) is 28.7 Å². The maximum absolute atomic E-state index is 12.3. The van der Waals surface area contributed by atoms with E-state index in [9.17, 15) is 4.79 Å². The van der Waals surface area contributed by atoms with E-state index in [1.54, 1.807) is 0 Å². The average molecular weight is 367 g/mol. The van der Waals surface area contributed by atoms with E-state index in [1.165, 1.54) is 18.4 Å². The molecule has 1 saturated heterocycles. The first-order chi connectivity index (χ1) is 10.7. The van der Waals surface area contributed by atoms with Crippen LogP contribution in [0.2, 0.25) is 0 Å². The molecule has 1 heterocycles. The van der Waals surface area contributed by atoms with Crippen molar-refractivity contribution in [2.24, 2.45) is 0 Å². The molecule has 22 heavy (non-hydrogen) atoms. The summed E-state index contributed by atoms with van der Waals surface area (Å²) >= 11 is 3.49. The molecule has 1 aliphatic heterocycles. The standard InChI is InChI=1S/C17H23BrN2O2/c18-14-5-3-13(4-6-14)17(7-1-2-8-17)12-20-16(21)15-11-22-10-9-19-15/h3-6,15,19H,1-2,7-12H2,(H,20,21). The highest BCUT2D eigenvalue weighted by Crippen LogP contribution is 2.40. The number of nitrogens with one attached hydrogen (secondary N) is 2. The Morgan fingerprint density at radius 2 is 2.05 bits per heavy atom. The van der Waals surface area contributed by atoms with Crippen LogP contribution < -0.4 is 10.6 Å². The van der Waals surface area contributed by atoms with Crippen LogP contribution in [0.5, 0.6) is 0 Å². The Kier molecular flexibility index (Phi) is 5.16. The van der Waals surface area contributed by atoms with Crippen molar-refractivity contribution in [1.29, 1.82) is 0 Å². The molecule has 4 nitrogen and oxygen atoms in total. The normalized spacial score (nSPS) is 24.1. The van der Waals surface area contributed by atoms with Gasteiger partial charge in [-0.15, -0.1) is 0 Å². The molecule has 1 aromatic rings. The molecule has 120 valence electrons. The lowest BCUT2D eigenvalue weighted by Gasteiger charge is -2.31. The Morgan fingerprint density at radius 1 is 1.32 bits per heavy atom. The summed E-state index contributed by atoms with van der Waals surface area (Å²) in [6.07, 6.45) is 4.75. The molecule has 2 N–H and O–H groups in total. The van der Waals surface area contributed by atoms with Crippen molar-refractivity contribution < 1.29 is 9.53 Å². The molecule has 5 heteroatoms. The van der Waals surface area contributed by atoms with Gasteiger partial charge in [-0.05, 0) is 30.5 Å². The van der Waals surface area contributed by atoms with E-state index < -0.39 is 0 Å². The molecule has 1 aliphatic carbocycles. The molecule has 1 amide bonds. The van der Waals surface area contributed by atoms with Gasteiger partial charge in [-0.2, -0.15) is 0 Å². The molecule has 1 atom stereocenters. The van der Waals surface area contributed by atoms with Crippen molar-refractivity contribution in [3.8, 4) is 0 Å². The fourth-order valence-electron chi connectivity index (χ4n) is 3.54. The Morgan fingerprint density at radius 3 is 2.68 bits per heavy atom. The number of morpholine rings is 1. The van der Waals surface area contributed by atoms with Crippen LogP contribution in [0, 0.1) is 0 Å². The number of hydrogen-bond donors (Lipinski definition) is 2. The van der Waals surface area contributed by atoms with Crippen molar-refractivity contribution >= 4 is 21.8 Å². The van der Waals surface area contributed by atoms with Gasteiger partial charge in [0.2, 0.25) is 5.91 Å². The zero-order valence-electron chi connectivity index (χ0n) is 12.7. The van der Waals surface area contributed by atoms with Gasteiger partial charge >= 0.3 is 0 Å². The number of benzene rings is 1. The van der Waals surface area contributed by atoms with Crippen molar-refractivity contribution in [3.05, 3.63) is 34.3 Å². The molecule has 2 aliphatic rings. The van der Waals surface area contributed by atoms with Crippen LogP contribution in [0.3, 0.4) is 0 Å². The zero-order chi connectivity index (χ0) is 15.4. The topological polar surface area (TPSA) is 50.4 Å². The summed E-state index contributed by atoms with van der Waals surface area (Å²) in [7, 11) is 0. The summed E-state index contributed by atoms with van der Waals surface area (Å²) in [5.41, 5.74) is 1.42. The maximum atomic E-state index is 12.3. The minimum atomic E-state index is -0.211. The predicted octanol–water partition coefficient (Wildman–Crippen LogP) is 2.37. The molecule has 1 saturated carbocycles. The molecular formula is C17H23BrN2O2. The van der Waals surface area contributed by atoms with Crippen molar-refractivity contribution in [2.75, 3.05) is 26.3 Å². The van der Waals surface area contributed by atoms with Gasteiger partial charge in [0.1, 0.15) is 6.04 Å². The lowest BCUT2D eigenvalue weighted by atomic mass is 9.79. The fourth-order valence-corrected chi connectivity index (χ4v) is 3.80. The van der Waals surface area contributed by atoms with Gasteiger partial charge in [0.05, 0.1) is 13.2 Å².